The largest absolute Gasteiger partial charge is 0.391 e. The third-order valence-corrected chi connectivity index (χ3v) is 3.50. The molecule has 1 fully saturated rings. The molecule has 1 aromatic carbocycles. The Morgan fingerprint density at radius 2 is 2.33 bits per heavy atom. The topological polar surface area (TPSA) is 95.7 Å². The highest BCUT2D eigenvalue weighted by Crippen LogP contribution is 2.25. The van der Waals surface area contributed by atoms with Gasteiger partial charge >= 0.3 is 0 Å². The minimum absolute atomic E-state index is 0.113. The zero-order chi connectivity index (χ0) is 15.4. The lowest BCUT2D eigenvalue weighted by molar-refractivity contribution is -0.384. The van der Waals surface area contributed by atoms with Gasteiger partial charge in [-0.1, -0.05) is 0 Å². The van der Waals surface area contributed by atoms with Crippen LogP contribution in [0.2, 0.25) is 0 Å². The van der Waals surface area contributed by atoms with Crippen LogP contribution in [0.3, 0.4) is 0 Å². The Kier molecular flexibility index (Phi) is 4.74. The molecule has 0 radical (unpaired) electrons. The van der Waals surface area contributed by atoms with Crippen LogP contribution in [0.1, 0.15) is 30.1 Å². The highest BCUT2D eigenvalue weighted by atomic mass is 16.6. The predicted octanol–water partition coefficient (Wildman–Crippen LogP) is 1.62. The van der Waals surface area contributed by atoms with E-state index in [2.05, 4.69) is 5.32 Å². The summed E-state index contributed by atoms with van der Waals surface area (Å²) in [5.41, 5.74) is 0.742. The van der Waals surface area contributed by atoms with Crippen LogP contribution in [0, 0.1) is 10.1 Å². The maximum Gasteiger partial charge on any atom is 0.270 e. The third kappa shape index (κ3) is 3.49. The Morgan fingerprint density at radius 3 is 2.95 bits per heavy atom. The molecule has 1 aliphatic heterocycles. The molecule has 1 atom stereocenters. The van der Waals surface area contributed by atoms with Gasteiger partial charge < -0.3 is 15.3 Å². The van der Waals surface area contributed by atoms with Gasteiger partial charge in [0.15, 0.2) is 0 Å². The number of aliphatic hydroxyl groups excluding tert-OH is 1. The lowest BCUT2D eigenvalue weighted by atomic mass is 10.1. The molecular formula is C14H19N3O4. The average molecular weight is 293 g/mol. The second-order valence-corrected chi connectivity index (χ2v) is 5.06. The fourth-order valence-corrected chi connectivity index (χ4v) is 2.48. The molecule has 0 saturated carbocycles. The first-order chi connectivity index (χ1) is 10.0. The van der Waals surface area contributed by atoms with Gasteiger partial charge in [-0.05, 0) is 25.8 Å². The first-order valence-corrected chi connectivity index (χ1v) is 7.02. The second kappa shape index (κ2) is 6.53. The van der Waals surface area contributed by atoms with Crippen LogP contribution in [-0.2, 0) is 0 Å². The van der Waals surface area contributed by atoms with E-state index in [0.717, 1.165) is 6.42 Å². The number of nitro benzene ring substituents is 1. The molecule has 1 aromatic rings. The van der Waals surface area contributed by atoms with E-state index >= 15 is 0 Å². The Balaban J connectivity index is 2.32. The summed E-state index contributed by atoms with van der Waals surface area (Å²) < 4.78 is 0. The molecule has 7 heteroatoms. The van der Waals surface area contributed by atoms with Gasteiger partial charge in [-0.25, -0.2) is 0 Å². The van der Waals surface area contributed by atoms with Gasteiger partial charge in [-0.2, -0.15) is 0 Å². The Labute approximate surface area is 122 Å². The number of piperidine rings is 1. The Morgan fingerprint density at radius 1 is 1.57 bits per heavy atom. The first-order valence-electron chi connectivity index (χ1n) is 7.02. The maximum absolute atomic E-state index is 12.6. The molecule has 1 unspecified atom stereocenters. The zero-order valence-corrected chi connectivity index (χ0v) is 11.9. The quantitative estimate of drug-likeness (QED) is 0.649. The number of nitrogens with one attached hydrogen (secondary N) is 1. The van der Waals surface area contributed by atoms with E-state index in [-0.39, 0.29) is 23.7 Å². The number of non-ortho nitro benzene ring substituents is 1. The number of carbonyl (C=O) groups is 1. The van der Waals surface area contributed by atoms with Gasteiger partial charge in [-0.15, -0.1) is 0 Å². The van der Waals surface area contributed by atoms with Crippen LogP contribution >= 0.6 is 0 Å². The maximum atomic E-state index is 12.6. The van der Waals surface area contributed by atoms with Crippen molar-refractivity contribution in [3.8, 4) is 0 Å². The molecule has 2 rings (SSSR count). The summed E-state index contributed by atoms with van der Waals surface area (Å²) in [6.45, 7) is 3.33. The van der Waals surface area contributed by atoms with Crippen LogP contribution < -0.4 is 5.32 Å². The lowest BCUT2D eigenvalue weighted by Gasteiger charge is -2.30. The summed E-state index contributed by atoms with van der Waals surface area (Å²) >= 11 is 0. The van der Waals surface area contributed by atoms with E-state index in [9.17, 15) is 20.0 Å². The van der Waals surface area contributed by atoms with Crippen LogP contribution in [0.25, 0.3) is 0 Å². The number of likely N-dealkylation sites (tertiary alicyclic amines) is 1. The number of nitro groups is 1. The Bertz CT molecular complexity index is 547. The number of carbonyl (C=O) groups excluding carboxylic acids is 1. The number of amides is 1. The molecule has 0 spiro atoms. The number of benzene rings is 1. The second-order valence-electron chi connectivity index (χ2n) is 5.06. The molecule has 0 bridgehead atoms. The summed E-state index contributed by atoms with van der Waals surface area (Å²) in [7, 11) is 0. The van der Waals surface area contributed by atoms with Crippen LogP contribution in [0.5, 0.6) is 0 Å². The van der Waals surface area contributed by atoms with Gasteiger partial charge in [0.2, 0.25) is 0 Å². The number of anilines is 1. The highest BCUT2D eigenvalue weighted by molar-refractivity contribution is 6.00. The van der Waals surface area contributed by atoms with Gasteiger partial charge in [0.1, 0.15) is 0 Å². The molecular weight excluding hydrogens is 274 g/mol. The van der Waals surface area contributed by atoms with Crippen molar-refractivity contribution in [3.05, 3.63) is 33.9 Å². The number of aliphatic hydroxyl groups is 1. The highest BCUT2D eigenvalue weighted by Gasteiger charge is 2.26. The van der Waals surface area contributed by atoms with Crippen molar-refractivity contribution in [2.24, 2.45) is 0 Å². The molecule has 1 amide bonds. The monoisotopic (exact) mass is 293 g/mol. The summed E-state index contributed by atoms with van der Waals surface area (Å²) in [5.74, 6) is -0.284. The van der Waals surface area contributed by atoms with E-state index in [1.54, 1.807) is 11.0 Å². The minimum atomic E-state index is -0.524. The summed E-state index contributed by atoms with van der Waals surface area (Å²) in [6.07, 6.45) is 0.890. The average Bonchev–Trinajstić information content (AvgIpc) is 2.47. The van der Waals surface area contributed by atoms with Crippen molar-refractivity contribution in [2.75, 3.05) is 25.0 Å². The van der Waals surface area contributed by atoms with Crippen molar-refractivity contribution in [1.29, 1.82) is 0 Å². The van der Waals surface area contributed by atoms with Crippen molar-refractivity contribution in [2.45, 2.75) is 25.9 Å². The molecule has 0 aliphatic carbocycles. The Hall–Kier alpha value is -2.15. The van der Waals surface area contributed by atoms with Crippen LogP contribution in [-0.4, -0.2) is 46.6 Å². The van der Waals surface area contributed by atoms with E-state index in [4.69, 9.17) is 0 Å². The molecule has 114 valence electrons. The fourth-order valence-electron chi connectivity index (χ4n) is 2.48. The number of β-amino-alcohol motifs (C(OH)–C–C–N with tert-alkyl or cyclic N) is 1. The van der Waals surface area contributed by atoms with Crippen molar-refractivity contribution < 1.29 is 14.8 Å². The molecule has 1 saturated heterocycles. The molecule has 7 nitrogen and oxygen atoms in total. The van der Waals surface area contributed by atoms with Crippen LogP contribution in [0.4, 0.5) is 11.4 Å². The van der Waals surface area contributed by atoms with Crippen molar-refractivity contribution in [3.63, 3.8) is 0 Å². The molecule has 1 aliphatic rings. The minimum Gasteiger partial charge on any atom is -0.391 e. The number of nitrogens with zero attached hydrogens (tertiary/aromatic N) is 2. The van der Waals surface area contributed by atoms with Gasteiger partial charge in [0.05, 0.1) is 16.6 Å². The first kappa shape index (κ1) is 15.2. The van der Waals surface area contributed by atoms with Crippen LogP contribution in [0.15, 0.2) is 18.2 Å². The molecule has 21 heavy (non-hydrogen) atoms. The molecule has 0 aromatic heterocycles. The summed E-state index contributed by atoms with van der Waals surface area (Å²) in [6, 6.07) is 4.22. The molecule has 1 heterocycles. The number of hydrogen-bond acceptors (Lipinski definition) is 5. The van der Waals surface area contributed by atoms with E-state index in [0.29, 0.717) is 25.2 Å². The SMILES string of the molecule is CCNc1ccc([N+](=O)[O-])cc1C(=O)N1CCCC(O)C1. The molecule has 2 N–H and O–H groups in total. The summed E-state index contributed by atoms with van der Waals surface area (Å²) in [4.78, 5) is 24.5. The summed E-state index contributed by atoms with van der Waals surface area (Å²) in [5, 5.41) is 23.6. The number of hydrogen-bond donors (Lipinski definition) is 2. The van der Waals surface area contributed by atoms with Gasteiger partial charge in [-0.3, -0.25) is 14.9 Å². The number of rotatable bonds is 4. The lowest BCUT2D eigenvalue weighted by Crippen LogP contribution is -2.42. The fraction of sp³-hybridized carbons (Fsp3) is 0.500. The smallest absolute Gasteiger partial charge is 0.270 e. The van der Waals surface area contributed by atoms with E-state index in [1.165, 1.54) is 12.1 Å². The normalized spacial score (nSPS) is 18.4. The third-order valence-electron chi connectivity index (χ3n) is 3.50. The van der Waals surface area contributed by atoms with E-state index < -0.39 is 11.0 Å². The van der Waals surface area contributed by atoms with E-state index in [1.807, 2.05) is 6.92 Å². The van der Waals surface area contributed by atoms with Gasteiger partial charge in [0.25, 0.3) is 11.6 Å². The van der Waals surface area contributed by atoms with Crippen molar-refractivity contribution >= 4 is 17.3 Å². The zero-order valence-electron chi connectivity index (χ0n) is 11.9. The standard InChI is InChI=1S/C14H19N3O4/c1-2-15-13-6-5-10(17(20)21)8-12(13)14(19)16-7-3-4-11(18)9-16/h5-6,8,11,15,18H,2-4,7,9H2,1H3. The van der Waals surface area contributed by atoms with Gasteiger partial charge in [0, 0.05) is 37.5 Å². The predicted molar refractivity (Wildman–Crippen MR) is 78.4 cm³/mol. The van der Waals surface area contributed by atoms with Crippen molar-refractivity contribution in [1.82, 2.24) is 4.90 Å².